The summed E-state index contributed by atoms with van der Waals surface area (Å²) in [6.07, 6.45) is 6.59. The van der Waals surface area contributed by atoms with E-state index in [1.165, 1.54) is 6.26 Å². The van der Waals surface area contributed by atoms with Crippen LogP contribution < -0.4 is 10.2 Å². The molecule has 0 radical (unpaired) electrons. The number of aromatic nitrogens is 3. The summed E-state index contributed by atoms with van der Waals surface area (Å²) in [6.45, 7) is 2.30. The van der Waals surface area contributed by atoms with Gasteiger partial charge in [-0.1, -0.05) is 0 Å². The number of piperazine rings is 1. The highest BCUT2D eigenvalue weighted by atomic mass is 32.2. The molecule has 5 rings (SSSR count). The molecule has 0 bridgehead atoms. The number of nitrogens with zero attached hydrogens (tertiary/aromatic N) is 4. The molecular weight excluding hydrogens is 416 g/mol. The number of H-pyrrole nitrogens is 1. The van der Waals surface area contributed by atoms with E-state index in [0.29, 0.717) is 13.1 Å². The molecule has 9 nitrogen and oxygen atoms in total. The maximum absolute atomic E-state index is 13.0. The molecule has 3 aromatic rings. The summed E-state index contributed by atoms with van der Waals surface area (Å²) >= 11 is 0. The first-order valence-corrected chi connectivity index (χ1v) is 12.1. The van der Waals surface area contributed by atoms with E-state index >= 15 is 0 Å². The Bertz CT molecular complexity index is 1230. The highest BCUT2D eigenvalue weighted by molar-refractivity contribution is 7.90. The van der Waals surface area contributed by atoms with Gasteiger partial charge < -0.3 is 20.1 Å². The van der Waals surface area contributed by atoms with E-state index in [1.807, 2.05) is 17.2 Å². The quantitative estimate of drug-likeness (QED) is 0.621. The van der Waals surface area contributed by atoms with Gasteiger partial charge >= 0.3 is 0 Å². The predicted octanol–water partition coefficient (Wildman–Crippen LogP) is 1.65. The average molecular weight is 441 g/mol. The summed E-state index contributed by atoms with van der Waals surface area (Å²) in [6, 6.07) is 8.46. The van der Waals surface area contributed by atoms with Crippen LogP contribution >= 0.6 is 0 Å². The van der Waals surface area contributed by atoms with E-state index in [4.69, 9.17) is 0 Å². The Balaban J connectivity index is 1.25. The van der Waals surface area contributed by atoms with Gasteiger partial charge in [-0.3, -0.25) is 4.79 Å². The molecule has 1 aliphatic heterocycles. The first kappa shape index (κ1) is 19.8. The number of aromatic amines is 1. The molecule has 31 heavy (non-hydrogen) atoms. The van der Waals surface area contributed by atoms with E-state index in [-0.39, 0.29) is 22.9 Å². The first-order chi connectivity index (χ1) is 14.9. The van der Waals surface area contributed by atoms with Crippen LogP contribution in [0.2, 0.25) is 0 Å². The molecule has 1 saturated carbocycles. The molecule has 3 heterocycles. The minimum absolute atomic E-state index is 0.0545. The lowest BCUT2D eigenvalue weighted by atomic mass is 10.1. The van der Waals surface area contributed by atoms with Crippen molar-refractivity contribution < 1.29 is 13.2 Å². The number of fused-ring (bicyclic) bond motifs is 1. The van der Waals surface area contributed by atoms with Crippen LogP contribution in [-0.2, 0) is 14.6 Å². The summed E-state index contributed by atoms with van der Waals surface area (Å²) < 4.78 is 23.2. The number of sulfone groups is 1. The summed E-state index contributed by atoms with van der Waals surface area (Å²) in [4.78, 5) is 29.4. The minimum atomic E-state index is -3.23. The van der Waals surface area contributed by atoms with Gasteiger partial charge in [0.25, 0.3) is 0 Å². The molecule has 1 spiro atoms. The molecule has 2 aliphatic rings. The molecule has 2 aromatic heterocycles. The van der Waals surface area contributed by atoms with E-state index in [2.05, 4.69) is 25.2 Å². The zero-order valence-corrected chi connectivity index (χ0v) is 18.0. The Morgan fingerprint density at radius 1 is 1.16 bits per heavy atom. The molecule has 1 saturated heterocycles. The van der Waals surface area contributed by atoms with Gasteiger partial charge in [-0.15, -0.1) is 0 Å². The summed E-state index contributed by atoms with van der Waals surface area (Å²) in [5.41, 5.74) is 1.41. The maximum atomic E-state index is 13.0. The van der Waals surface area contributed by atoms with Gasteiger partial charge in [0.15, 0.2) is 9.84 Å². The van der Waals surface area contributed by atoms with Crippen molar-refractivity contribution >= 4 is 38.3 Å². The fourth-order valence-electron chi connectivity index (χ4n) is 4.32. The lowest BCUT2D eigenvalue weighted by Crippen LogP contribution is -2.58. The van der Waals surface area contributed by atoms with E-state index < -0.39 is 9.84 Å². The molecule has 1 aromatic carbocycles. The van der Waals surface area contributed by atoms with Crippen LogP contribution in [0, 0.1) is 0 Å². The zero-order chi connectivity index (χ0) is 21.6. The second-order valence-electron chi connectivity index (χ2n) is 8.28. The molecule has 0 unspecified atom stereocenters. The van der Waals surface area contributed by atoms with Gasteiger partial charge in [0.1, 0.15) is 17.8 Å². The smallest absolute Gasteiger partial charge is 0.242 e. The van der Waals surface area contributed by atoms with Crippen LogP contribution in [0.15, 0.2) is 47.8 Å². The molecular formula is C21H24N6O3S. The van der Waals surface area contributed by atoms with Crippen LogP contribution in [-0.4, -0.2) is 72.2 Å². The number of benzene rings is 1. The largest absolute Gasteiger partial charge is 0.376 e. The molecule has 2 fully saturated rings. The van der Waals surface area contributed by atoms with Gasteiger partial charge in [-0.2, -0.15) is 0 Å². The standard InChI is InChI=1S/C21H24N6O3S/c1-31(29,30)16-4-2-15(3-5-16)23-12-18(28)27-11-10-26(13-21(27)7-8-21)20-17-6-9-22-19(17)24-14-25-20/h2-6,9,14,23H,7-8,10-13H2,1H3,(H,22,24,25). The average Bonchev–Trinajstić information content (AvgIpc) is 3.33. The number of hydrogen-bond acceptors (Lipinski definition) is 7. The molecule has 1 amide bonds. The Labute approximate surface area is 180 Å². The van der Waals surface area contributed by atoms with Crippen LogP contribution in [0.4, 0.5) is 11.5 Å². The van der Waals surface area contributed by atoms with Crippen molar-refractivity contribution in [2.45, 2.75) is 23.3 Å². The van der Waals surface area contributed by atoms with E-state index in [1.54, 1.807) is 30.6 Å². The van der Waals surface area contributed by atoms with E-state index in [9.17, 15) is 13.2 Å². The van der Waals surface area contributed by atoms with Crippen LogP contribution in [0.3, 0.4) is 0 Å². The summed E-state index contributed by atoms with van der Waals surface area (Å²) in [7, 11) is -3.23. The normalized spacial score (nSPS) is 17.8. The lowest BCUT2D eigenvalue weighted by Gasteiger charge is -2.43. The van der Waals surface area contributed by atoms with Gasteiger partial charge in [0, 0.05) is 37.8 Å². The number of carbonyl (C=O) groups excluding carboxylic acids is 1. The third-order valence-electron chi connectivity index (χ3n) is 6.14. The number of nitrogens with one attached hydrogen (secondary N) is 2. The van der Waals surface area contributed by atoms with Gasteiger partial charge in [0.2, 0.25) is 5.91 Å². The topological polar surface area (TPSA) is 111 Å². The number of rotatable bonds is 5. The van der Waals surface area contributed by atoms with Crippen molar-refractivity contribution in [1.29, 1.82) is 0 Å². The first-order valence-electron chi connectivity index (χ1n) is 10.2. The summed E-state index contributed by atoms with van der Waals surface area (Å²) in [5, 5.41) is 4.12. The van der Waals surface area contributed by atoms with Crippen molar-refractivity contribution in [3.05, 3.63) is 42.9 Å². The van der Waals surface area contributed by atoms with Crippen molar-refractivity contribution in [3.8, 4) is 0 Å². The SMILES string of the molecule is CS(=O)(=O)c1ccc(NCC(=O)N2CCN(c3ncnc4[nH]ccc34)CC23CC3)cc1. The van der Waals surface area contributed by atoms with Gasteiger partial charge in [-0.25, -0.2) is 18.4 Å². The Morgan fingerprint density at radius 3 is 2.65 bits per heavy atom. The molecule has 10 heteroatoms. The van der Waals surface area contributed by atoms with Crippen molar-refractivity contribution in [3.63, 3.8) is 0 Å². The van der Waals surface area contributed by atoms with Crippen molar-refractivity contribution in [1.82, 2.24) is 19.9 Å². The van der Waals surface area contributed by atoms with E-state index in [0.717, 1.165) is 41.9 Å². The highest BCUT2D eigenvalue weighted by Gasteiger charge is 2.53. The Morgan fingerprint density at radius 2 is 1.94 bits per heavy atom. The Kier molecular flexibility index (Phi) is 4.62. The van der Waals surface area contributed by atoms with Crippen molar-refractivity contribution in [2.75, 3.05) is 42.7 Å². The lowest BCUT2D eigenvalue weighted by molar-refractivity contribution is -0.132. The third-order valence-corrected chi connectivity index (χ3v) is 7.27. The predicted molar refractivity (Wildman–Crippen MR) is 118 cm³/mol. The maximum Gasteiger partial charge on any atom is 0.242 e. The fraction of sp³-hybridized carbons (Fsp3) is 0.381. The van der Waals surface area contributed by atoms with Crippen LogP contribution in [0.1, 0.15) is 12.8 Å². The summed E-state index contributed by atoms with van der Waals surface area (Å²) in [5.74, 6) is 0.965. The highest BCUT2D eigenvalue weighted by Crippen LogP contribution is 2.45. The number of carbonyl (C=O) groups is 1. The third kappa shape index (κ3) is 3.71. The van der Waals surface area contributed by atoms with Crippen molar-refractivity contribution in [2.24, 2.45) is 0 Å². The number of hydrogen-bond donors (Lipinski definition) is 2. The van der Waals surface area contributed by atoms with Crippen LogP contribution in [0.25, 0.3) is 11.0 Å². The van der Waals surface area contributed by atoms with Gasteiger partial charge in [0.05, 0.1) is 22.4 Å². The zero-order valence-electron chi connectivity index (χ0n) is 17.2. The number of anilines is 2. The molecule has 1 aliphatic carbocycles. The minimum Gasteiger partial charge on any atom is -0.376 e. The number of amides is 1. The van der Waals surface area contributed by atoms with Crippen LogP contribution in [0.5, 0.6) is 0 Å². The van der Waals surface area contributed by atoms with Gasteiger partial charge in [-0.05, 0) is 43.2 Å². The second-order valence-corrected chi connectivity index (χ2v) is 10.3. The second kappa shape index (κ2) is 7.23. The molecule has 0 atom stereocenters. The molecule has 2 N–H and O–H groups in total. The fourth-order valence-corrected chi connectivity index (χ4v) is 4.95. The Hall–Kier alpha value is -3.14. The molecule has 162 valence electrons. The monoisotopic (exact) mass is 440 g/mol.